The number of aromatic amines is 1. The Bertz CT molecular complexity index is 2000. The van der Waals surface area contributed by atoms with E-state index < -0.39 is 12.8 Å². The smallest absolute Gasteiger partial charge is 0.422 e. The molecule has 7 rings (SSSR count). The number of fused-ring (bicyclic) bond motifs is 2. The summed E-state index contributed by atoms with van der Waals surface area (Å²) in [5, 5.41) is 8.64. The van der Waals surface area contributed by atoms with Gasteiger partial charge in [-0.15, -0.1) is 0 Å². The molecule has 10 nitrogen and oxygen atoms in total. The van der Waals surface area contributed by atoms with Crippen molar-refractivity contribution in [2.75, 3.05) is 78.5 Å². The molecule has 1 N–H and O–H groups in total. The molecule has 0 saturated carbocycles. The highest BCUT2D eigenvalue weighted by atomic mass is 19.4. The first-order valence-electron chi connectivity index (χ1n) is 18.0. The zero-order chi connectivity index (χ0) is 36.8. The van der Waals surface area contributed by atoms with E-state index in [1.807, 2.05) is 55.1 Å². The minimum atomic E-state index is -4.57. The first-order chi connectivity index (χ1) is 24.8. The molecule has 13 heteroatoms. The van der Waals surface area contributed by atoms with Crippen LogP contribution in [0.1, 0.15) is 48.6 Å². The number of piperidine rings is 2. The van der Waals surface area contributed by atoms with Gasteiger partial charge in [0.2, 0.25) is 5.91 Å². The van der Waals surface area contributed by atoms with E-state index in [1.54, 1.807) is 18.3 Å². The molecule has 0 atom stereocenters. The van der Waals surface area contributed by atoms with Crippen LogP contribution >= 0.6 is 0 Å². The van der Waals surface area contributed by atoms with Gasteiger partial charge in [0.25, 0.3) is 0 Å². The van der Waals surface area contributed by atoms with Crippen LogP contribution in [0.15, 0.2) is 43.1 Å². The maximum Gasteiger partial charge on any atom is 0.422 e. The first-order valence-corrected chi connectivity index (χ1v) is 18.0. The molecule has 52 heavy (non-hydrogen) atoms. The van der Waals surface area contributed by atoms with Crippen LogP contribution < -0.4 is 9.64 Å². The highest BCUT2D eigenvalue weighted by Gasteiger charge is 2.46. The van der Waals surface area contributed by atoms with E-state index in [1.165, 1.54) is 0 Å². The minimum Gasteiger partial charge on any atom is -0.481 e. The molecule has 3 saturated heterocycles. The molecule has 276 valence electrons. The lowest BCUT2D eigenvalue weighted by Crippen LogP contribution is -2.61. The number of benzene rings is 2. The van der Waals surface area contributed by atoms with Gasteiger partial charge in [-0.2, -0.15) is 18.3 Å². The van der Waals surface area contributed by atoms with Crippen molar-refractivity contribution in [3.63, 3.8) is 0 Å². The molecule has 0 bridgehead atoms. The maximum atomic E-state index is 14.0. The summed E-state index contributed by atoms with van der Waals surface area (Å²) < 4.78 is 47.8. The van der Waals surface area contributed by atoms with Crippen molar-refractivity contribution in [1.29, 1.82) is 0 Å². The summed E-state index contributed by atoms with van der Waals surface area (Å²) in [6.45, 7) is 9.88. The third-order valence-corrected chi connectivity index (χ3v) is 11.0. The molecule has 3 aliphatic heterocycles. The SMILES string of the molecule is C=Cc1cc2c(N3CCC4(CC3)CN(C(=O)/C=C/CN(C)C)C4)nc(C3CCN(C)CC3)nc2c(OCC(F)(F)F)c1-c1c(C)ccc2[nH]ncc12. The van der Waals surface area contributed by atoms with Crippen molar-refractivity contribution in [1.82, 2.24) is 34.9 Å². The van der Waals surface area contributed by atoms with E-state index in [2.05, 4.69) is 33.6 Å². The number of hydrogen-bond donors (Lipinski definition) is 1. The number of aromatic nitrogens is 4. The summed E-state index contributed by atoms with van der Waals surface area (Å²) in [7, 11) is 6.02. The van der Waals surface area contributed by atoms with Crippen LogP contribution in [0.25, 0.3) is 39.0 Å². The number of carbonyl (C=O) groups excluding carboxylic acids is 1. The van der Waals surface area contributed by atoms with E-state index in [-0.39, 0.29) is 23.0 Å². The molecule has 2 aromatic heterocycles. The summed E-state index contributed by atoms with van der Waals surface area (Å²) in [6, 6.07) is 5.79. The number of nitrogens with zero attached hydrogens (tertiary/aromatic N) is 7. The third-order valence-electron chi connectivity index (χ3n) is 11.0. The highest BCUT2D eigenvalue weighted by molar-refractivity contribution is 6.07. The van der Waals surface area contributed by atoms with Gasteiger partial charge in [-0.1, -0.05) is 24.8 Å². The van der Waals surface area contributed by atoms with Crippen LogP contribution in [0.4, 0.5) is 19.0 Å². The number of anilines is 1. The Hall–Kier alpha value is -4.49. The number of likely N-dealkylation sites (tertiary alicyclic amines) is 2. The Labute approximate surface area is 302 Å². The summed E-state index contributed by atoms with van der Waals surface area (Å²) >= 11 is 0. The molecule has 0 unspecified atom stereocenters. The molecule has 1 amide bonds. The largest absolute Gasteiger partial charge is 0.481 e. The predicted molar refractivity (Wildman–Crippen MR) is 199 cm³/mol. The molecular weight excluding hydrogens is 669 g/mol. The normalized spacial score (nSPS) is 18.6. The molecule has 5 heterocycles. The number of halogens is 3. The van der Waals surface area contributed by atoms with Gasteiger partial charge in [-0.25, -0.2) is 9.97 Å². The second-order valence-electron chi connectivity index (χ2n) is 15.1. The van der Waals surface area contributed by atoms with Crippen LogP contribution in [-0.4, -0.2) is 121 Å². The van der Waals surface area contributed by atoms with Gasteiger partial charge in [0.15, 0.2) is 12.4 Å². The molecule has 0 aliphatic carbocycles. The maximum absolute atomic E-state index is 14.0. The van der Waals surface area contributed by atoms with Crippen LogP contribution in [0.5, 0.6) is 5.75 Å². The quantitative estimate of drug-likeness (QED) is 0.199. The zero-order valence-electron chi connectivity index (χ0n) is 30.4. The van der Waals surface area contributed by atoms with Crippen molar-refractivity contribution in [2.45, 2.75) is 44.7 Å². The number of carbonyl (C=O) groups is 1. The number of H-pyrrole nitrogens is 1. The number of nitrogens with one attached hydrogen (secondary N) is 1. The number of hydrogen-bond acceptors (Lipinski definition) is 8. The highest BCUT2D eigenvalue weighted by Crippen LogP contribution is 2.48. The first kappa shape index (κ1) is 35.9. The van der Waals surface area contributed by atoms with E-state index in [4.69, 9.17) is 14.7 Å². The van der Waals surface area contributed by atoms with Crippen LogP contribution in [0.2, 0.25) is 0 Å². The third kappa shape index (κ3) is 7.12. The lowest BCUT2D eigenvalue weighted by molar-refractivity contribution is -0.153. The van der Waals surface area contributed by atoms with E-state index in [0.29, 0.717) is 53.3 Å². The van der Waals surface area contributed by atoms with Gasteiger partial charge < -0.3 is 24.3 Å². The van der Waals surface area contributed by atoms with Crippen molar-refractivity contribution >= 4 is 39.6 Å². The summed E-state index contributed by atoms with van der Waals surface area (Å²) in [5.41, 5.74) is 3.89. The van der Waals surface area contributed by atoms with Gasteiger partial charge in [-0.3, -0.25) is 9.89 Å². The standard InChI is InChI=1S/C39H47F3N8O2/c1-6-26-20-28-34(35(52-24-39(40,41)42)33(26)32-25(2)9-10-30-29(32)21-43-46-30)44-36(27-11-16-48(5)17-12-27)45-37(28)49-18-13-38(14-19-49)22-50(23-38)31(51)8-7-15-47(3)4/h6-10,20-21,27H,1,11-19,22-24H2,2-5H3,(H,43,46)/b8-7+. The Morgan fingerprint density at radius 2 is 1.83 bits per heavy atom. The van der Waals surface area contributed by atoms with Gasteiger partial charge in [0, 0.05) is 66.5 Å². The molecule has 2 aromatic carbocycles. The Balaban J connectivity index is 1.31. The van der Waals surface area contributed by atoms with Gasteiger partial charge in [-0.05, 0) is 95.7 Å². The molecule has 3 fully saturated rings. The Morgan fingerprint density at radius 3 is 2.50 bits per heavy atom. The van der Waals surface area contributed by atoms with Crippen LogP contribution in [0, 0.1) is 12.3 Å². The topological polar surface area (TPSA) is 93.7 Å². The van der Waals surface area contributed by atoms with E-state index in [9.17, 15) is 18.0 Å². The zero-order valence-corrected chi connectivity index (χ0v) is 30.4. The fourth-order valence-electron chi connectivity index (χ4n) is 8.02. The number of rotatable bonds is 9. The van der Waals surface area contributed by atoms with Crippen molar-refractivity contribution < 1.29 is 22.7 Å². The average molecular weight is 717 g/mol. The lowest BCUT2D eigenvalue weighted by atomic mass is 9.72. The van der Waals surface area contributed by atoms with Crippen LogP contribution in [0.3, 0.4) is 0 Å². The number of amides is 1. The average Bonchev–Trinajstić information content (AvgIpc) is 3.58. The number of alkyl halides is 3. The summed E-state index contributed by atoms with van der Waals surface area (Å²) in [5.74, 6) is 1.51. The second-order valence-corrected chi connectivity index (χ2v) is 15.1. The lowest BCUT2D eigenvalue weighted by Gasteiger charge is -2.54. The van der Waals surface area contributed by atoms with E-state index in [0.717, 1.165) is 73.9 Å². The molecular formula is C39H47F3N8O2. The predicted octanol–water partition coefficient (Wildman–Crippen LogP) is 6.42. The fourth-order valence-corrected chi connectivity index (χ4v) is 8.02. The Morgan fingerprint density at radius 1 is 1.10 bits per heavy atom. The molecule has 0 radical (unpaired) electrons. The van der Waals surface area contributed by atoms with Gasteiger partial charge in [0.1, 0.15) is 17.2 Å². The number of ether oxygens (including phenoxy) is 1. The van der Waals surface area contributed by atoms with Gasteiger partial charge in [0.05, 0.1) is 11.7 Å². The summed E-state index contributed by atoms with van der Waals surface area (Å²) in [4.78, 5) is 31.6. The molecule has 1 spiro atoms. The van der Waals surface area contributed by atoms with Crippen LogP contribution in [-0.2, 0) is 4.79 Å². The Kier molecular flexibility index (Phi) is 9.77. The minimum absolute atomic E-state index is 0.0416. The van der Waals surface area contributed by atoms with E-state index >= 15 is 0 Å². The van der Waals surface area contributed by atoms with Crippen molar-refractivity contribution in [3.05, 3.63) is 60.1 Å². The van der Waals surface area contributed by atoms with Crippen molar-refractivity contribution in [2.24, 2.45) is 5.41 Å². The number of aryl methyl sites for hydroxylation is 1. The van der Waals surface area contributed by atoms with Crippen molar-refractivity contribution in [3.8, 4) is 16.9 Å². The number of likely N-dealkylation sites (N-methyl/N-ethyl adjacent to an activating group) is 1. The monoisotopic (exact) mass is 716 g/mol. The summed E-state index contributed by atoms with van der Waals surface area (Å²) in [6.07, 6.45) is 5.79. The molecule has 3 aliphatic rings. The fraction of sp³-hybridized carbons (Fsp3) is 0.487. The molecule has 4 aromatic rings. The van der Waals surface area contributed by atoms with Gasteiger partial charge >= 0.3 is 6.18 Å². The second kappa shape index (κ2) is 14.1.